The van der Waals surface area contributed by atoms with Gasteiger partial charge in [0.15, 0.2) is 20.6 Å². The number of anilines is 1. The summed E-state index contributed by atoms with van der Waals surface area (Å²) in [6.45, 7) is 1.37. The van der Waals surface area contributed by atoms with Crippen molar-refractivity contribution >= 4 is 43.7 Å². The first-order valence-corrected chi connectivity index (χ1v) is 10.6. The molecule has 3 heterocycles. The molecule has 0 aromatic carbocycles. The maximum atomic E-state index is 12.1. The number of aromatic nitrogens is 2. The molecule has 116 valence electrons. The number of fused-ring (bicyclic) bond motifs is 1. The topological polar surface area (TPSA) is 66.7 Å². The minimum Gasteiger partial charge on any atom is -0.337 e. The van der Waals surface area contributed by atoms with Crippen LogP contribution in [0, 0.1) is 0 Å². The van der Waals surface area contributed by atoms with Gasteiger partial charge in [0.1, 0.15) is 5.37 Å². The van der Waals surface area contributed by atoms with E-state index in [9.17, 15) is 8.42 Å². The summed E-state index contributed by atoms with van der Waals surface area (Å²) in [5, 5.41) is 4.65. The van der Waals surface area contributed by atoms with Crippen LogP contribution >= 0.6 is 23.1 Å². The molecule has 9 heteroatoms. The molecular formula is C12H18N4O2S3. The van der Waals surface area contributed by atoms with Gasteiger partial charge in [-0.05, 0) is 7.05 Å². The number of thioether (sulfide) groups is 1. The van der Waals surface area contributed by atoms with Crippen LogP contribution in [-0.4, -0.2) is 54.5 Å². The fourth-order valence-electron chi connectivity index (χ4n) is 2.56. The van der Waals surface area contributed by atoms with Crippen molar-refractivity contribution in [1.29, 1.82) is 0 Å². The van der Waals surface area contributed by atoms with E-state index >= 15 is 0 Å². The first-order chi connectivity index (χ1) is 10.0. The predicted molar refractivity (Wildman–Crippen MR) is 89.1 cm³/mol. The second kappa shape index (κ2) is 5.79. The van der Waals surface area contributed by atoms with Gasteiger partial charge in [0.25, 0.3) is 0 Å². The number of nitrogens with one attached hydrogen (secondary N) is 1. The van der Waals surface area contributed by atoms with Crippen LogP contribution in [0.3, 0.4) is 0 Å². The summed E-state index contributed by atoms with van der Waals surface area (Å²) in [5.41, 5.74) is 1.02. The average molecular weight is 347 g/mol. The van der Waals surface area contributed by atoms with Crippen molar-refractivity contribution in [2.75, 3.05) is 36.3 Å². The van der Waals surface area contributed by atoms with Crippen molar-refractivity contribution < 1.29 is 8.42 Å². The van der Waals surface area contributed by atoms with Gasteiger partial charge in [0.2, 0.25) is 0 Å². The molecule has 0 saturated carbocycles. The number of sulfone groups is 1. The van der Waals surface area contributed by atoms with Gasteiger partial charge in [-0.2, -0.15) is 11.8 Å². The molecule has 0 spiro atoms. The Labute approximate surface area is 132 Å². The highest BCUT2D eigenvalue weighted by Gasteiger charge is 2.34. The van der Waals surface area contributed by atoms with Crippen LogP contribution in [0.15, 0.2) is 11.6 Å². The lowest BCUT2D eigenvalue weighted by atomic mass is 10.3. The first kappa shape index (κ1) is 15.1. The van der Waals surface area contributed by atoms with Gasteiger partial charge in [-0.3, -0.25) is 4.40 Å². The molecule has 1 atom stereocenters. The van der Waals surface area contributed by atoms with Gasteiger partial charge < -0.3 is 10.2 Å². The zero-order valence-corrected chi connectivity index (χ0v) is 14.4. The molecule has 1 saturated heterocycles. The Kier molecular flexibility index (Phi) is 4.17. The third kappa shape index (κ3) is 2.79. The smallest absolute Gasteiger partial charge is 0.195 e. The van der Waals surface area contributed by atoms with Crippen LogP contribution in [0.2, 0.25) is 0 Å². The van der Waals surface area contributed by atoms with Crippen molar-refractivity contribution in [3.63, 3.8) is 0 Å². The van der Waals surface area contributed by atoms with Crippen LogP contribution in [0.4, 0.5) is 5.82 Å². The van der Waals surface area contributed by atoms with E-state index in [1.54, 1.807) is 23.1 Å². The Morgan fingerprint density at radius 2 is 2.33 bits per heavy atom. The quantitative estimate of drug-likeness (QED) is 0.892. The molecular weight excluding hydrogens is 328 g/mol. The number of hydrogen-bond donors (Lipinski definition) is 1. The first-order valence-electron chi connectivity index (χ1n) is 6.64. The second-order valence-electron chi connectivity index (χ2n) is 5.02. The molecule has 6 nitrogen and oxygen atoms in total. The van der Waals surface area contributed by atoms with Gasteiger partial charge in [-0.25, -0.2) is 13.4 Å². The predicted octanol–water partition coefficient (Wildman–Crippen LogP) is 1.04. The van der Waals surface area contributed by atoms with Crippen LogP contribution in [-0.2, 0) is 16.4 Å². The molecule has 1 N–H and O–H groups in total. The van der Waals surface area contributed by atoms with E-state index in [4.69, 9.17) is 0 Å². The summed E-state index contributed by atoms with van der Waals surface area (Å²) in [7, 11) is -1.25. The van der Waals surface area contributed by atoms with E-state index in [0.717, 1.165) is 22.2 Å². The summed E-state index contributed by atoms with van der Waals surface area (Å²) < 4.78 is 26.2. The summed E-state index contributed by atoms with van der Waals surface area (Å²) in [6, 6.07) is 0. The lowest BCUT2D eigenvalue weighted by molar-refractivity contribution is 0.583. The number of imidazole rings is 1. The van der Waals surface area contributed by atoms with E-state index < -0.39 is 15.2 Å². The van der Waals surface area contributed by atoms with Crippen molar-refractivity contribution in [1.82, 2.24) is 14.7 Å². The van der Waals surface area contributed by atoms with Crippen LogP contribution in [0.25, 0.3) is 4.96 Å². The van der Waals surface area contributed by atoms with Gasteiger partial charge >= 0.3 is 0 Å². The van der Waals surface area contributed by atoms with Gasteiger partial charge in [-0.1, -0.05) is 0 Å². The van der Waals surface area contributed by atoms with Crippen LogP contribution < -0.4 is 10.2 Å². The lowest BCUT2D eigenvalue weighted by Gasteiger charge is -2.34. The average Bonchev–Trinajstić information content (AvgIpc) is 3.01. The highest BCUT2D eigenvalue weighted by atomic mass is 32.2. The van der Waals surface area contributed by atoms with E-state index in [2.05, 4.69) is 10.3 Å². The molecule has 0 aliphatic carbocycles. The minimum absolute atomic E-state index is 0.489. The fourth-order valence-corrected chi connectivity index (χ4v) is 6.11. The second-order valence-corrected chi connectivity index (χ2v) is 9.25. The van der Waals surface area contributed by atoms with Crippen molar-refractivity contribution in [2.24, 2.45) is 0 Å². The maximum Gasteiger partial charge on any atom is 0.195 e. The SMILES string of the molecule is CNCc1c(N2CCSCC2S(C)(=O)=O)nc2sccn12. The molecule has 2 aromatic heterocycles. The van der Waals surface area contributed by atoms with Crippen LogP contribution in [0.1, 0.15) is 5.69 Å². The largest absolute Gasteiger partial charge is 0.337 e. The monoisotopic (exact) mass is 346 g/mol. The summed E-state index contributed by atoms with van der Waals surface area (Å²) in [5.74, 6) is 2.33. The zero-order chi connectivity index (χ0) is 15.0. The fraction of sp³-hybridized carbons (Fsp3) is 0.583. The standard InChI is InChI=1S/C12H18N4O2S3/c1-13-7-9-11(14-12-15(9)4-6-20-12)16-3-5-19-8-10(16)21(2,17)18/h4,6,10,13H,3,5,7-8H2,1-2H3. The third-order valence-corrected chi connectivity index (χ3v) is 6.93. The van der Waals surface area contributed by atoms with Gasteiger partial charge in [0.05, 0.1) is 5.69 Å². The van der Waals surface area contributed by atoms with Crippen molar-refractivity contribution in [3.05, 3.63) is 17.3 Å². The molecule has 0 bridgehead atoms. The third-order valence-electron chi connectivity index (χ3n) is 3.53. The Morgan fingerprint density at radius 3 is 3.05 bits per heavy atom. The molecule has 21 heavy (non-hydrogen) atoms. The Hall–Kier alpha value is -0.770. The van der Waals surface area contributed by atoms with E-state index in [1.807, 2.05) is 27.9 Å². The maximum absolute atomic E-state index is 12.1. The van der Waals surface area contributed by atoms with Crippen molar-refractivity contribution in [2.45, 2.75) is 11.9 Å². The number of hydrogen-bond acceptors (Lipinski definition) is 7. The number of rotatable bonds is 4. The van der Waals surface area contributed by atoms with E-state index in [1.165, 1.54) is 6.26 Å². The highest BCUT2D eigenvalue weighted by Crippen LogP contribution is 2.30. The number of nitrogens with zero attached hydrogens (tertiary/aromatic N) is 3. The molecule has 0 amide bonds. The van der Waals surface area contributed by atoms with Crippen molar-refractivity contribution in [3.8, 4) is 0 Å². The van der Waals surface area contributed by atoms with Gasteiger partial charge in [0, 0.05) is 42.4 Å². The molecule has 1 fully saturated rings. The highest BCUT2D eigenvalue weighted by molar-refractivity contribution is 8.01. The molecule has 1 unspecified atom stereocenters. The van der Waals surface area contributed by atoms with E-state index in [0.29, 0.717) is 18.8 Å². The minimum atomic E-state index is -3.14. The Bertz CT molecular complexity index is 737. The Balaban J connectivity index is 2.08. The molecule has 2 aromatic rings. The Morgan fingerprint density at radius 1 is 1.52 bits per heavy atom. The van der Waals surface area contributed by atoms with Gasteiger partial charge in [-0.15, -0.1) is 11.3 Å². The summed E-state index contributed by atoms with van der Waals surface area (Å²) in [4.78, 5) is 7.53. The lowest BCUT2D eigenvalue weighted by Crippen LogP contribution is -2.47. The summed E-state index contributed by atoms with van der Waals surface area (Å²) in [6.07, 6.45) is 3.30. The molecule has 1 aliphatic rings. The van der Waals surface area contributed by atoms with Crippen LogP contribution in [0.5, 0.6) is 0 Å². The molecule has 0 radical (unpaired) electrons. The van der Waals surface area contributed by atoms with E-state index in [-0.39, 0.29) is 0 Å². The molecule has 3 rings (SSSR count). The summed E-state index contributed by atoms with van der Waals surface area (Å²) >= 11 is 3.25. The molecule has 1 aliphatic heterocycles. The number of thiazole rings is 1. The zero-order valence-electron chi connectivity index (χ0n) is 11.9. The normalized spacial score (nSPS) is 20.3.